The first kappa shape index (κ1) is 13.6. The number of aromatic nitrogens is 2. The highest BCUT2D eigenvalue weighted by Crippen LogP contribution is 2.16. The van der Waals surface area contributed by atoms with Gasteiger partial charge in [-0.25, -0.2) is 4.39 Å². The van der Waals surface area contributed by atoms with Gasteiger partial charge < -0.3 is 5.32 Å². The van der Waals surface area contributed by atoms with Crippen molar-refractivity contribution < 1.29 is 9.18 Å². The second kappa shape index (κ2) is 6.38. The minimum absolute atomic E-state index is 0.225. The quantitative estimate of drug-likeness (QED) is 0.883. The van der Waals surface area contributed by atoms with Crippen LogP contribution in [-0.4, -0.2) is 22.4 Å². The number of aromatic amines is 1. The molecule has 1 amide bonds. The summed E-state index contributed by atoms with van der Waals surface area (Å²) in [5, 5.41) is 9.09. The molecule has 0 atom stereocenters. The van der Waals surface area contributed by atoms with Crippen molar-refractivity contribution in [2.24, 2.45) is 0 Å². The van der Waals surface area contributed by atoms with Crippen LogP contribution < -0.4 is 5.32 Å². The van der Waals surface area contributed by atoms with Crippen molar-refractivity contribution in [3.05, 3.63) is 53.1 Å². The lowest BCUT2D eigenvalue weighted by Gasteiger charge is -2.09. The number of carbonyl (C=O) groups excluding carboxylic acids is 1. The maximum absolute atomic E-state index is 13.2. The van der Waals surface area contributed by atoms with Gasteiger partial charge in [-0.05, 0) is 35.6 Å². The number of benzene rings is 1. The zero-order chi connectivity index (χ0) is 13.7. The van der Waals surface area contributed by atoms with Gasteiger partial charge in [0, 0.05) is 18.5 Å². The second-order valence-corrected chi connectivity index (χ2v) is 4.87. The average molecular weight is 279 g/mol. The number of nitrogens with zero attached hydrogens (tertiary/aromatic N) is 1. The van der Waals surface area contributed by atoms with Gasteiger partial charge in [0.1, 0.15) is 11.5 Å². The molecule has 0 aliphatic carbocycles. The lowest BCUT2D eigenvalue weighted by Crippen LogP contribution is -2.23. The number of rotatable bonds is 5. The van der Waals surface area contributed by atoms with E-state index >= 15 is 0 Å². The highest BCUT2D eigenvalue weighted by atomic mass is 32.2. The fraction of sp³-hybridized carbons (Fsp3) is 0.231. The molecule has 1 heterocycles. The molecule has 0 fully saturated rings. The molecule has 0 bridgehead atoms. The van der Waals surface area contributed by atoms with Gasteiger partial charge in [-0.3, -0.25) is 9.89 Å². The van der Waals surface area contributed by atoms with Crippen LogP contribution in [0.5, 0.6) is 0 Å². The van der Waals surface area contributed by atoms with Gasteiger partial charge in [-0.2, -0.15) is 16.9 Å². The third-order valence-corrected chi connectivity index (χ3v) is 3.25. The molecule has 0 aliphatic rings. The Hall–Kier alpha value is -1.82. The molecule has 0 radical (unpaired) electrons. The van der Waals surface area contributed by atoms with Gasteiger partial charge in [-0.1, -0.05) is 6.07 Å². The number of carbonyl (C=O) groups is 1. The SMILES string of the molecule is CSCc1cc(F)ccc1CNC(=O)c1ccn[nH]1. The Labute approximate surface area is 114 Å². The first-order chi connectivity index (χ1) is 9.20. The van der Waals surface area contributed by atoms with Gasteiger partial charge in [-0.15, -0.1) is 0 Å². The predicted octanol–water partition coefficient (Wildman–Crippen LogP) is 2.34. The minimum Gasteiger partial charge on any atom is -0.347 e. The Kier molecular flexibility index (Phi) is 4.57. The topological polar surface area (TPSA) is 57.8 Å². The third kappa shape index (κ3) is 3.57. The number of thioether (sulfide) groups is 1. The molecule has 6 heteroatoms. The van der Waals surface area contributed by atoms with Crippen LogP contribution in [0.3, 0.4) is 0 Å². The summed E-state index contributed by atoms with van der Waals surface area (Å²) in [5.41, 5.74) is 2.23. The molecular weight excluding hydrogens is 265 g/mol. The average Bonchev–Trinajstić information content (AvgIpc) is 2.92. The van der Waals surface area contributed by atoms with E-state index < -0.39 is 0 Å². The molecule has 2 aromatic rings. The van der Waals surface area contributed by atoms with Crippen molar-refractivity contribution in [3.8, 4) is 0 Å². The maximum Gasteiger partial charge on any atom is 0.269 e. The maximum atomic E-state index is 13.2. The first-order valence-electron chi connectivity index (χ1n) is 5.74. The Morgan fingerprint density at radius 2 is 2.26 bits per heavy atom. The van der Waals surface area contributed by atoms with E-state index in [1.54, 1.807) is 23.9 Å². The fourth-order valence-corrected chi connectivity index (χ4v) is 2.29. The molecule has 4 nitrogen and oxygen atoms in total. The summed E-state index contributed by atoms with van der Waals surface area (Å²) >= 11 is 1.61. The monoisotopic (exact) mass is 279 g/mol. The molecule has 2 rings (SSSR count). The number of hydrogen-bond donors (Lipinski definition) is 2. The Bertz CT molecular complexity index is 557. The number of H-pyrrole nitrogens is 1. The summed E-state index contributed by atoms with van der Waals surface area (Å²) in [7, 11) is 0. The molecule has 1 aromatic carbocycles. The molecule has 100 valence electrons. The standard InChI is InChI=1S/C13H14FN3OS/c1-19-8-10-6-11(14)3-2-9(10)7-15-13(18)12-4-5-16-17-12/h2-6H,7-8H2,1H3,(H,15,18)(H,16,17). The van der Waals surface area contributed by atoms with Crippen molar-refractivity contribution in [1.29, 1.82) is 0 Å². The van der Waals surface area contributed by atoms with Crippen LogP contribution in [0.2, 0.25) is 0 Å². The second-order valence-electron chi connectivity index (χ2n) is 4.00. The van der Waals surface area contributed by atoms with E-state index in [4.69, 9.17) is 0 Å². The number of halogens is 1. The van der Waals surface area contributed by atoms with Gasteiger partial charge >= 0.3 is 0 Å². The van der Waals surface area contributed by atoms with E-state index in [2.05, 4.69) is 15.5 Å². The highest BCUT2D eigenvalue weighted by Gasteiger charge is 2.08. The van der Waals surface area contributed by atoms with Crippen LogP contribution >= 0.6 is 11.8 Å². The van der Waals surface area contributed by atoms with Crippen LogP contribution in [0.15, 0.2) is 30.5 Å². The molecule has 2 N–H and O–H groups in total. The molecular formula is C13H14FN3OS. The number of hydrogen-bond acceptors (Lipinski definition) is 3. The van der Waals surface area contributed by atoms with Crippen LogP contribution in [0.4, 0.5) is 4.39 Å². The molecule has 0 saturated carbocycles. The van der Waals surface area contributed by atoms with Crippen molar-refractivity contribution in [3.63, 3.8) is 0 Å². The molecule has 0 aliphatic heterocycles. The predicted molar refractivity (Wildman–Crippen MR) is 73.4 cm³/mol. The summed E-state index contributed by atoms with van der Waals surface area (Å²) in [5.74, 6) is 0.233. The van der Waals surface area contributed by atoms with Crippen LogP contribution in [0, 0.1) is 5.82 Å². The van der Waals surface area contributed by atoms with Crippen molar-refractivity contribution in [1.82, 2.24) is 15.5 Å². The van der Waals surface area contributed by atoms with E-state index in [9.17, 15) is 9.18 Å². The van der Waals surface area contributed by atoms with Crippen molar-refractivity contribution in [2.75, 3.05) is 6.26 Å². The van der Waals surface area contributed by atoms with E-state index in [1.165, 1.54) is 18.3 Å². The zero-order valence-corrected chi connectivity index (χ0v) is 11.3. The van der Waals surface area contributed by atoms with E-state index in [0.29, 0.717) is 18.0 Å². The first-order valence-corrected chi connectivity index (χ1v) is 7.14. The van der Waals surface area contributed by atoms with Gasteiger partial charge in [0.2, 0.25) is 0 Å². The molecule has 1 aromatic heterocycles. The van der Waals surface area contributed by atoms with Crippen molar-refractivity contribution >= 4 is 17.7 Å². The third-order valence-electron chi connectivity index (χ3n) is 2.65. The lowest BCUT2D eigenvalue weighted by atomic mass is 10.1. The van der Waals surface area contributed by atoms with Gasteiger partial charge in [0.25, 0.3) is 5.91 Å². The number of nitrogens with one attached hydrogen (secondary N) is 2. The summed E-state index contributed by atoms with van der Waals surface area (Å²) in [6.07, 6.45) is 3.48. The fourth-order valence-electron chi connectivity index (χ4n) is 1.71. The molecule has 19 heavy (non-hydrogen) atoms. The normalized spacial score (nSPS) is 10.4. The summed E-state index contributed by atoms with van der Waals surface area (Å²) in [6.45, 7) is 0.369. The Morgan fingerprint density at radius 1 is 1.42 bits per heavy atom. The Morgan fingerprint density at radius 3 is 2.95 bits per heavy atom. The molecule has 0 spiro atoms. The molecule has 0 saturated heterocycles. The van der Waals surface area contributed by atoms with Crippen LogP contribution in [-0.2, 0) is 12.3 Å². The van der Waals surface area contributed by atoms with Gasteiger partial charge in [0.05, 0.1) is 0 Å². The minimum atomic E-state index is -0.257. The highest BCUT2D eigenvalue weighted by molar-refractivity contribution is 7.97. The Balaban J connectivity index is 2.05. The van der Waals surface area contributed by atoms with Crippen LogP contribution in [0.1, 0.15) is 21.6 Å². The lowest BCUT2D eigenvalue weighted by molar-refractivity contribution is 0.0946. The summed E-state index contributed by atoms with van der Waals surface area (Å²) < 4.78 is 13.2. The van der Waals surface area contributed by atoms with Crippen molar-refractivity contribution in [2.45, 2.75) is 12.3 Å². The molecule has 0 unspecified atom stereocenters. The van der Waals surface area contributed by atoms with E-state index in [-0.39, 0.29) is 11.7 Å². The van der Waals surface area contributed by atoms with Gasteiger partial charge in [0.15, 0.2) is 0 Å². The number of amides is 1. The zero-order valence-electron chi connectivity index (χ0n) is 10.4. The summed E-state index contributed by atoms with van der Waals surface area (Å²) in [4.78, 5) is 11.8. The van der Waals surface area contributed by atoms with E-state index in [0.717, 1.165) is 11.1 Å². The largest absolute Gasteiger partial charge is 0.347 e. The van der Waals surface area contributed by atoms with E-state index in [1.807, 2.05) is 6.26 Å². The smallest absolute Gasteiger partial charge is 0.269 e. The summed E-state index contributed by atoms with van der Waals surface area (Å²) in [6, 6.07) is 6.21. The van der Waals surface area contributed by atoms with Crippen LogP contribution in [0.25, 0.3) is 0 Å².